The monoisotopic (exact) mass is 344 g/mol. The Hall–Kier alpha value is -2.89. The van der Waals surface area contributed by atoms with Crippen molar-refractivity contribution in [3.05, 3.63) is 54.1 Å². The van der Waals surface area contributed by atoms with Gasteiger partial charge < -0.3 is 24.8 Å². The molecule has 134 valence electrons. The summed E-state index contributed by atoms with van der Waals surface area (Å²) in [6.45, 7) is 1.35. The zero-order chi connectivity index (χ0) is 17.9. The van der Waals surface area contributed by atoms with Crippen LogP contribution in [-0.4, -0.2) is 39.9 Å². The first kappa shape index (κ1) is 18.4. The molecule has 0 aliphatic heterocycles. The predicted molar refractivity (Wildman–Crippen MR) is 96.6 cm³/mol. The molecule has 2 amide bonds. The first-order valence-corrected chi connectivity index (χ1v) is 8.13. The number of methoxy groups -OCH3 is 2. The van der Waals surface area contributed by atoms with Crippen LogP contribution in [0.2, 0.25) is 0 Å². The van der Waals surface area contributed by atoms with Crippen molar-refractivity contribution in [2.75, 3.05) is 33.9 Å². The minimum Gasteiger partial charge on any atom is -0.497 e. The van der Waals surface area contributed by atoms with Crippen molar-refractivity contribution >= 4 is 6.03 Å². The molecule has 0 saturated heterocycles. The number of para-hydroxylation sites is 1. The van der Waals surface area contributed by atoms with E-state index in [-0.39, 0.29) is 6.03 Å². The highest BCUT2D eigenvalue weighted by atomic mass is 16.5. The zero-order valence-electron chi connectivity index (χ0n) is 14.6. The molecule has 2 aromatic rings. The highest BCUT2D eigenvalue weighted by molar-refractivity contribution is 5.73. The molecule has 0 fully saturated rings. The summed E-state index contributed by atoms with van der Waals surface area (Å²) in [7, 11) is 3.26. The van der Waals surface area contributed by atoms with Gasteiger partial charge in [0.1, 0.15) is 23.9 Å². The number of amides is 2. The summed E-state index contributed by atoms with van der Waals surface area (Å²) in [5, 5.41) is 5.58. The van der Waals surface area contributed by atoms with Crippen LogP contribution in [-0.2, 0) is 6.42 Å². The first-order valence-electron chi connectivity index (χ1n) is 8.13. The van der Waals surface area contributed by atoms with Crippen molar-refractivity contribution in [1.29, 1.82) is 0 Å². The maximum absolute atomic E-state index is 11.8. The van der Waals surface area contributed by atoms with E-state index in [0.717, 1.165) is 22.8 Å². The number of carbonyl (C=O) groups excluding carboxylic acids is 1. The summed E-state index contributed by atoms with van der Waals surface area (Å²) in [6.07, 6.45) is 0.708. The lowest BCUT2D eigenvalue weighted by Gasteiger charge is -2.11. The van der Waals surface area contributed by atoms with Crippen molar-refractivity contribution in [2.24, 2.45) is 0 Å². The van der Waals surface area contributed by atoms with Gasteiger partial charge in [0.25, 0.3) is 0 Å². The number of carbonyl (C=O) groups is 1. The van der Waals surface area contributed by atoms with E-state index in [1.165, 1.54) is 0 Å². The van der Waals surface area contributed by atoms with Gasteiger partial charge in [-0.1, -0.05) is 18.2 Å². The maximum Gasteiger partial charge on any atom is 0.314 e. The third-order valence-electron chi connectivity index (χ3n) is 3.59. The Kier molecular flexibility index (Phi) is 7.43. The van der Waals surface area contributed by atoms with Gasteiger partial charge in [-0.3, -0.25) is 0 Å². The van der Waals surface area contributed by atoms with E-state index in [9.17, 15) is 4.79 Å². The molecule has 0 spiro atoms. The van der Waals surface area contributed by atoms with Crippen molar-refractivity contribution in [1.82, 2.24) is 10.6 Å². The Bertz CT molecular complexity index is 659. The van der Waals surface area contributed by atoms with Crippen LogP contribution in [0.5, 0.6) is 17.2 Å². The van der Waals surface area contributed by atoms with E-state index in [1.807, 2.05) is 48.5 Å². The van der Waals surface area contributed by atoms with Crippen LogP contribution in [0.1, 0.15) is 5.56 Å². The van der Waals surface area contributed by atoms with Crippen LogP contribution in [0.25, 0.3) is 0 Å². The summed E-state index contributed by atoms with van der Waals surface area (Å²) in [5.74, 6) is 2.34. The summed E-state index contributed by atoms with van der Waals surface area (Å²) < 4.78 is 15.9. The SMILES string of the molecule is COc1ccc(OCCNC(=O)NCCc2ccccc2OC)cc1. The molecule has 0 aromatic heterocycles. The van der Waals surface area contributed by atoms with Crippen LogP contribution in [0, 0.1) is 0 Å². The van der Waals surface area contributed by atoms with Crippen molar-refractivity contribution in [3.8, 4) is 17.2 Å². The summed E-state index contributed by atoms with van der Waals surface area (Å²) in [4.78, 5) is 11.8. The highest BCUT2D eigenvalue weighted by Gasteiger charge is 2.03. The number of benzene rings is 2. The Morgan fingerprint density at radius 1 is 0.880 bits per heavy atom. The van der Waals surface area contributed by atoms with E-state index in [4.69, 9.17) is 14.2 Å². The average Bonchev–Trinajstić information content (AvgIpc) is 2.66. The van der Waals surface area contributed by atoms with E-state index in [0.29, 0.717) is 26.1 Å². The molecular weight excluding hydrogens is 320 g/mol. The molecule has 0 heterocycles. The van der Waals surface area contributed by atoms with Crippen LogP contribution in [0.3, 0.4) is 0 Å². The zero-order valence-corrected chi connectivity index (χ0v) is 14.6. The molecule has 0 radical (unpaired) electrons. The third kappa shape index (κ3) is 6.25. The molecule has 0 bridgehead atoms. The van der Waals surface area contributed by atoms with Crippen molar-refractivity contribution in [3.63, 3.8) is 0 Å². The third-order valence-corrected chi connectivity index (χ3v) is 3.59. The van der Waals surface area contributed by atoms with Crippen LogP contribution < -0.4 is 24.8 Å². The molecule has 6 nitrogen and oxygen atoms in total. The highest BCUT2D eigenvalue weighted by Crippen LogP contribution is 2.17. The molecule has 2 N–H and O–H groups in total. The standard InChI is InChI=1S/C19H24N2O4/c1-23-16-7-9-17(10-8-16)25-14-13-21-19(22)20-12-11-15-5-3-4-6-18(15)24-2/h3-10H,11-14H2,1-2H3,(H2,20,21,22). The van der Waals surface area contributed by atoms with Gasteiger partial charge in [0.2, 0.25) is 0 Å². The van der Waals surface area contributed by atoms with E-state index in [1.54, 1.807) is 14.2 Å². The largest absolute Gasteiger partial charge is 0.497 e. The molecule has 0 aliphatic rings. The van der Waals surface area contributed by atoms with E-state index >= 15 is 0 Å². The van der Waals surface area contributed by atoms with Crippen LogP contribution in [0.4, 0.5) is 4.79 Å². The normalized spacial score (nSPS) is 10.0. The minimum atomic E-state index is -0.215. The Labute approximate surface area is 148 Å². The molecule has 2 rings (SSSR count). The second-order valence-corrected chi connectivity index (χ2v) is 5.27. The van der Waals surface area contributed by atoms with Gasteiger partial charge in [0, 0.05) is 6.54 Å². The second kappa shape index (κ2) is 10.1. The molecular formula is C19H24N2O4. The van der Waals surface area contributed by atoms with E-state index in [2.05, 4.69) is 10.6 Å². The molecule has 0 saturated carbocycles. The Morgan fingerprint density at radius 3 is 2.28 bits per heavy atom. The van der Waals surface area contributed by atoms with Crippen molar-refractivity contribution < 1.29 is 19.0 Å². The van der Waals surface area contributed by atoms with Crippen molar-refractivity contribution in [2.45, 2.75) is 6.42 Å². The molecule has 25 heavy (non-hydrogen) atoms. The van der Waals surface area contributed by atoms with Gasteiger partial charge in [-0.15, -0.1) is 0 Å². The Balaban J connectivity index is 1.60. The smallest absolute Gasteiger partial charge is 0.314 e. The average molecular weight is 344 g/mol. The second-order valence-electron chi connectivity index (χ2n) is 5.27. The predicted octanol–water partition coefficient (Wildman–Crippen LogP) is 2.62. The van der Waals surface area contributed by atoms with Gasteiger partial charge in [-0.05, 0) is 42.3 Å². The lowest BCUT2D eigenvalue weighted by molar-refractivity contribution is 0.236. The molecule has 0 aliphatic carbocycles. The first-order chi connectivity index (χ1) is 12.2. The van der Waals surface area contributed by atoms with Gasteiger partial charge in [0.05, 0.1) is 20.8 Å². The number of nitrogens with one attached hydrogen (secondary N) is 2. The lowest BCUT2D eigenvalue weighted by Crippen LogP contribution is -2.38. The molecule has 2 aromatic carbocycles. The van der Waals surface area contributed by atoms with Gasteiger partial charge in [-0.25, -0.2) is 4.79 Å². The number of ether oxygens (including phenoxy) is 3. The molecule has 0 unspecified atom stereocenters. The van der Waals surface area contributed by atoms with E-state index < -0.39 is 0 Å². The fourth-order valence-corrected chi connectivity index (χ4v) is 2.29. The molecule has 0 atom stereocenters. The van der Waals surface area contributed by atoms with Gasteiger partial charge in [-0.2, -0.15) is 0 Å². The fourth-order valence-electron chi connectivity index (χ4n) is 2.29. The number of rotatable bonds is 9. The lowest BCUT2D eigenvalue weighted by atomic mass is 10.1. The number of hydrogen-bond acceptors (Lipinski definition) is 4. The van der Waals surface area contributed by atoms with Gasteiger partial charge in [0.15, 0.2) is 0 Å². The quantitative estimate of drug-likeness (QED) is 0.686. The number of urea groups is 1. The van der Waals surface area contributed by atoms with Gasteiger partial charge >= 0.3 is 6.03 Å². The maximum atomic E-state index is 11.8. The summed E-state index contributed by atoms with van der Waals surface area (Å²) in [5.41, 5.74) is 1.06. The summed E-state index contributed by atoms with van der Waals surface area (Å²) in [6, 6.07) is 14.9. The van der Waals surface area contributed by atoms with Crippen LogP contribution >= 0.6 is 0 Å². The molecule has 6 heteroatoms. The Morgan fingerprint density at radius 2 is 1.56 bits per heavy atom. The fraction of sp³-hybridized carbons (Fsp3) is 0.316. The number of hydrogen-bond donors (Lipinski definition) is 2. The topological polar surface area (TPSA) is 68.8 Å². The summed E-state index contributed by atoms with van der Waals surface area (Å²) >= 11 is 0. The minimum absolute atomic E-state index is 0.215. The van der Waals surface area contributed by atoms with Crippen LogP contribution in [0.15, 0.2) is 48.5 Å².